The number of aliphatic hydroxyl groups excluding tert-OH is 1. The Morgan fingerprint density at radius 3 is 2.43 bits per heavy atom. The summed E-state index contributed by atoms with van der Waals surface area (Å²) in [6, 6.07) is 7.97. The molecule has 1 saturated heterocycles. The summed E-state index contributed by atoms with van der Waals surface area (Å²) >= 11 is 6.05. The fourth-order valence-electron chi connectivity index (χ4n) is 2.56. The number of hydrogen-bond donors (Lipinski definition) is 1. The van der Waals surface area contributed by atoms with Crippen molar-refractivity contribution in [3.63, 3.8) is 0 Å². The summed E-state index contributed by atoms with van der Waals surface area (Å²) in [7, 11) is 0. The predicted molar refractivity (Wildman–Crippen MR) is 99.1 cm³/mol. The molecule has 0 spiro atoms. The molecule has 2 rings (SSSR count). The fraction of sp³-hybridized carbons (Fsp3) is 0.647. The van der Waals surface area contributed by atoms with Gasteiger partial charge in [-0.2, -0.15) is 0 Å². The summed E-state index contributed by atoms with van der Waals surface area (Å²) in [5.41, 5.74) is 0.968. The van der Waals surface area contributed by atoms with Crippen LogP contribution in [-0.4, -0.2) is 61.0 Å². The van der Waals surface area contributed by atoms with Crippen LogP contribution in [-0.2, 0) is 4.74 Å². The Morgan fingerprint density at radius 2 is 1.87 bits per heavy atom. The third-order valence-corrected chi connectivity index (χ3v) is 3.96. The number of rotatable bonds is 5. The van der Waals surface area contributed by atoms with Gasteiger partial charge in [0.15, 0.2) is 0 Å². The first-order valence-electron chi connectivity index (χ1n) is 7.88. The quantitative estimate of drug-likeness (QED) is 0.872. The van der Waals surface area contributed by atoms with E-state index in [4.69, 9.17) is 16.3 Å². The molecule has 0 aliphatic carbocycles. The van der Waals surface area contributed by atoms with Gasteiger partial charge in [0.05, 0.1) is 18.3 Å². The van der Waals surface area contributed by atoms with E-state index in [-0.39, 0.29) is 18.0 Å². The normalized spacial score (nSPS) is 17.7. The zero-order chi connectivity index (χ0) is 16.2. The first kappa shape index (κ1) is 20.5. The third-order valence-electron chi connectivity index (χ3n) is 3.72. The lowest BCUT2D eigenvalue weighted by Crippen LogP contribution is -2.49. The highest BCUT2D eigenvalue weighted by molar-refractivity contribution is 6.30. The highest BCUT2D eigenvalue weighted by atomic mass is 35.5. The summed E-state index contributed by atoms with van der Waals surface area (Å²) < 4.78 is 5.63. The molecule has 1 aromatic rings. The monoisotopic (exact) mass is 362 g/mol. The van der Waals surface area contributed by atoms with Crippen molar-refractivity contribution in [2.75, 3.05) is 44.2 Å². The smallest absolute Gasteiger partial charge is 0.0900 e. The molecule has 1 aromatic carbocycles. The number of nitrogens with zero attached hydrogens (tertiary/aromatic N) is 2. The Bertz CT molecular complexity index is 472. The number of benzene rings is 1. The van der Waals surface area contributed by atoms with E-state index in [1.165, 1.54) is 5.69 Å². The second-order valence-electron chi connectivity index (χ2n) is 6.84. The van der Waals surface area contributed by atoms with Gasteiger partial charge in [0.25, 0.3) is 0 Å². The number of anilines is 1. The highest BCUT2D eigenvalue weighted by Gasteiger charge is 2.21. The largest absolute Gasteiger partial charge is 0.389 e. The molecule has 6 heteroatoms. The van der Waals surface area contributed by atoms with E-state index in [0.717, 1.165) is 31.2 Å². The molecule has 132 valence electrons. The Hall–Kier alpha value is -0.520. The maximum atomic E-state index is 10.1. The van der Waals surface area contributed by atoms with E-state index >= 15 is 0 Å². The molecule has 1 N–H and O–H groups in total. The first-order valence-corrected chi connectivity index (χ1v) is 8.26. The molecule has 23 heavy (non-hydrogen) atoms. The van der Waals surface area contributed by atoms with E-state index in [2.05, 4.69) is 15.9 Å². The van der Waals surface area contributed by atoms with Crippen LogP contribution >= 0.6 is 24.0 Å². The number of ether oxygens (including phenoxy) is 1. The molecule has 1 aliphatic rings. The maximum Gasteiger partial charge on any atom is 0.0900 e. The average molecular weight is 363 g/mol. The van der Waals surface area contributed by atoms with Gasteiger partial charge in [0.1, 0.15) is 0 Å². The summed E-state index contributed by atoms with van der Waals surface area (Å²) in [6.45, 7) is 10.9. The Balaban J connectivity index is 0.00000264. The molecule has 0 radical (unpaired) electrons. The van der Waals surface area contributed by atoms with E-state index in [9.17, 15) is 5.11 Å². The van der Waals surface area contributed by atoms with Gasteiger partial charge in [-0.1, -0.05) is 17.7 Å². The highest BCUT2D eigenvalue weighted by Crippen LogP contribution is 2.20. The minimum atomic E-state index is -0.433. The summed E-state index contributed by atoms with van der Waals surface area (Å²) in [5.74, 6) is 0. The molecule has 4 nitrogen and oxygen atoms in total. The van der Waals surface area contributed by atoms with Gasteiger partial charge in [-0.15, -0.1) is 12.4 Å². The Kier molecular flexibility index (Phi) is 8.11. The van der Waals surface area contributed by atoms with E-state index < -0.39 is 6.10 Å². The molecule has 1 atom stereocenters. The lowest BCUT2D eigenvalue weighted by Gasteiger charge is -2.37. The molecular weight excluding hydrogens is 335 g/mol. The van der Waals surface area contributed by atoms with Crippen LogP contribution in [0.2, 0.25) is 5.02 Å². The van der Waals surface area contributed by atoms with Crippen molar-refractivity contribution in [1.82, 2.24) is 4.90 Å². The third kappa shape index (κ3) is 7.27. The second-order valence-corrected chi connectivity index (χ2v) is 7.28. The van der Waals surface area contributed by atoms with Crippen molar-refractivity contribution in [3.05, 3.63) is 29.3 Å². The number of hydrogen-bond acceptors (Lipinski definition) is 4. The van der Waals surface area contributed by atoms with Gasteiger partial charge in [0, 0.05) is 43.4 Å². The molecule has 1 aliphatic heterocycles. The summed E-state index contributed by atoms with van der Waals surface area (Å²) in [5, 5.41) is 10.9. The van der Waals surface area contributed by atoms with Gasteiger partial charge < -0.3 is 14.7 Å². The molecule has 1 unspecified atom stereocenters. The van der Waals surface area contributed by atoms with Crippen LogP contribution in [0.5, 0.6) is 0 Å². The van der Waals surface area contributed by atoms with Crippen LogP contribution in [0.3, 0.4) is 0 Å². The SMILES string of the molecule is CC(C)(C)OCC(O)CN1CCN(c2cccc(Cl)c2)CC1.Cl. The average Bonchev–Trinajstić information content (AvgIpc) is 2.45. The van der Waals surface area contributed by atoms with Crippen LogP contribution in [0.15, 0.2) is 24.3 Å². The van der Waals surface area contributed by atoms with Gasteiger partial charge in [-0.3, -0.25) is 4.90 Å². The van der Waals surface area contributed by atoms with Crippen LogP contribution < -0.4 is 4.90 Å². The molecule has 1 heterocycles. The first-order chi connectivity index (χ1) is 10.3. The van der Waals surface area contributed by atoms with Crippen LogP contribution in [0.1, 0.15) is 20.8 Å². The van der Waals surface area contributed by atoms with Gasteiger partial charge in [-0.05, 0) is 39.0 Å². The minimum Gasteiger partial charge on any atom is -0.389 e. The van der Waals surface area contributed by atoms with Crippen molar-refractivity contribution in [2.24, 2.45) is 0 Å². The molecular formula is C17H28Cl2N2O2. The predicted octanol–water partition coefficient (Wildman–Crippen LogP) is 3.06. The van der Waals surface area contributed by atoms with E-state index in [1.54, 1.807) is 0 Å². The van der Waals surface area contributed by atoms with Crippen molar-refractivity contribution < 1.29 is 9.84 Å². The zero-order valence-corrected chi connectivity index (χ0v) is 15.7. The van der Waals surface area contributed by atoms with Gasteiger partial charge >= 0.3 is 0 Å². The van der Waals surface area contributed by atoms with Crippen LogP contribution in [0, 0.1) is 0 Å². The Morgan fingerprint density at radius 1 is 1.22 bits per heavy atom. The van der Waals surface area contributed by atoms with E-state index in [1.807, 2.05) is 39.0 Å². The summed E-state index contributed by atoms with van der Waals surface area (Å²) in [6.07, 6.45) is -0.433. The van der Waals surface area contributed by atoms with Crippen molar-refractivity contribution in [1.29, 1.82) is 0 Å². The zero-order valence-electron chi connectivity index (χ0n) is 14.2. The van der Waals surface area contributed by atoms with Crippen molar-refractivity contribution in [3.8, 4) is 0 Å². The Labute approximate surface area is 150 Å². The van der Waals surface area contributed by atoms with Crippen molar-refractivity contribution in [2.45, 2.75) is 32.5 Å². The molecule has 0 amide bonds. The second kappa shape index (κ2) is 9.09. The lowest BCUT2D eigenvalue weighted by atomic mass is 10.2. The van der Waals surface area contributed by atoms with Crippen LogP contribution in [0.25, 0.3) is 0 Å². The maximum absolute atomic E-state index is 10.1. The van der Waals surface area contributed by atoms with Crippen molar-refractivity contribution >= 4 is 29.7 Å². The number of piperazine rings is 1. The summed E-state index contributed by atoms with van der Waals surface area (Å²) in [4.78, 5) is 4.62. The lowest BCUT2D eigenvalue weighted by molar-refractivity contribution is -0.0563. The van der Waals surface area contributed by atoms with Gasteiger partial charge in [0.2, 0.25) is 0 Å². The minimum absolute atomic E-state index is 0. The molecule has 0 saturated carbocycles. The number of β-amino-alcohol motifs (C(OH)–C–C–N with tert-alkyl or cyclic N) is 1. The number of halogens is 2. The molecule has 1 fully saturated rings. The van der Waals surface area contributed by atoms with Gasteiger partial charge in [-0.25, -0.2) is 0 Å². The standard InChI is InChI=1S/C17H27ClN2O2.ClH/c1-17(2,3)22-13-16(21)12-19-7-9-20(10-8-19)15-6-4-5-14(18)11-15;/h4-6,11,16,21H,7-10,12-13H2,1-3H3;1H. The fourth-order valence-corrected chi connectivity index (χ4v) is 2.74. The van der Waals surface area contributed by atoms with Crippen LogP contribution in [0.4, 0.5) is 5.69 Å². The molecule has 0 bridgehead atoms. The number of aliphatic hydroxyl groups is 1. The topological polar surface area (TPSA) is 35.9 Å². The molecule has 0 aromatic heterocycles. The van der Waals surface area contributed by atoms with E-state index in [0.29, 0.717) is 13.2 Å².